The number of H-pyrrole nitrogens is 1. The third-order valence-electron chi connectivity index (χ3n) is 6.92. The fourth-order valence-electron chi connectivity index (χ4n) is 5.04. The van der Waals surface area contributed by atoms with E-state index in [9.17, 15) is 4.79 Å². The molecule has 0 bridgehead atoms. The average Bonchev–Trinajstić information content (AvgIpc) is 3.42. The lowest BCUT2D eigenvalue weighted by Gasteiger charge is -2.25. The van der Waals surface area contributed by atoms with Crippen LogP contribution in [-0.2, 0) is 17.8 Å². The van der Waals surface area contributed by atoms with Crippen LogP contribution < -0.4 is 14.8 Å². The summed E-state index contributed by atoms with van der Waals surface area (Å²) in [6.45, 7) is 6.06. The number of nitrogens with zero attached hydrogens (tertiary/aromatic N) is 2. The van der Waals surface area contributed by atoms with Crippen molar-refractivity contribution < 1.29 is 14.3 Å². The molecule has 1 atom stereocenters. The summed E-state index contributed by atoms with van der Waals surface area (Å²) in [4.78, 5) is 22.8. The lowest BCUT2D eigenvalue weighted by Crippen LogP contribution is -2.38. The van der Waals surface area contributed by atoms with Gasteiger partial charge in [-0.25, -0.2) is 0 Å². The largest absolute Gasteiger partial charge is 0.496 e. The molecule has 0 aliphatic heterocycles. The van der Waals surface area contributed by atoms with Gasteiger partial charge in [-0.15, -0.1) is 0 Å². The number of carbonyl (C=O) groups is 1. The highest BCUT2D eigenvalue weighted by Gasteiger charge is 2.18. The van der Waals surface area contributed by atoms with E-state index < -0.39 is 0 Å². The third kappa shape index (κ3) is 8.08. The molecule has 0 saturated heterocycles. The molecule has 7 nitrogen and oxygen atoms in total. The van der Waals surface area contributed by atoms with Gasteiger partial charge in [0.1, 0.15) is 11.5 Å². The minimum atomic E-state index is -0.141. The Kier molecular flexibility index (Phi) is 10.7. The second kappa shape index (κ2) is 14.9. The maximum Gasteiger partial charge on any atom is 0.257 e. The number of methoxy groups -OCH3 is 1. The summed E-state index contributed by atoms with van der Waals surface area (Å²) in [6, 6.07) is 25.9. The topological polar surface area (TPSA) is 79.5 Å². The van der Waals surface area contributed by atoms with Crippen LogP contribution in [0.15, 0.2) is 91.3 Å². The molecule has 2 N–H and O–H groups in total. The molecule has 41 heavy (non-hydrogen) atoms. The van der Waals surface area contributed by atoms with Gasteiger partial charge in [-0.2, -0.15) is 0 Å². The van der Waals surface area contributed by atoms with E-state index in [4.69, 9.17) is 9.47 Å². The SMILES string of the molecule is CC.COc1ccccc1CN(C)CC(CNC(=O)COc1ccc2ncccc2c1)Cc1c[nH]c2ccccc12. The van der Waals surface area contributed by atoms with Crippen molar-refractivity contribution in [1.82, 2.24) is 20.2 Å². The molecule has 0 aliphatic carbocycles. The molecule has 5 aromatic rings. The third-order valence-corrected chi connectivity index (χ3v) is 6.92. The molecular formula is C34H40N4O3. The standard InChI is InChI=1S/C32H34N4O3.C2H6/c1-36(21-25-8-3-6-12-31(25)38-2)20-23(16-26-19-34-30-11-5-4-10-28(26)30)18-35-32(37)22-39-27-13-14-29-24(17-27)9-7-15-33-29;1-2/h3-15,17,19,23,34H,16,18,20-22H2,1-2H3,(H,35,37);1-2H3. The van der Waals surface area contributed by atoms with Gasteiger partial charge in [0.15, 0.2) is 6.61 Å². The zero-order valence-electron chi connectivity index (χ0n) is 24.4. The second-order valence-corrected chi connectivity index (χ2v) is 9.89. The Morgan fingerprint density at radius 3 is 2.66 bits per heavy atom. The van der Waals surface area contributed by atoms with Crippen LogP contribution in [0.4, 0.5) is 0 Å². The van der Waals surface area contributed by atoms with E-state index >= 15 is 0 Å². The van der Waals surface area contributed by atoms with Crippen LogP contribution in [0, 0.1) is 5.92 Å². The lowest BCUT2D eigenvalue weighted by atomic mass is 9.98. The maximum absolute atomic E-state index is 12.8. The highest BCUT2D eigenvalue weighted by Crippen LogP contribution is 2.23. The number of aromatic amines is 1. The number of pyridine rings is 1. The Bertz CT molecular complexity index is 1550. The summed E-state index contributed by atoms with van der Waals surface area (Å²) in [5, 5.41) is 5.30. The fraction of sp³-hybridized carbons (Fsp3) is 0.294. The summed E-state index contributed by atoms with van der Waals surface area (Å²) in [5.74, 6) is 1.59. The molecular weight excluding hydrogens is 512 g/mol. The molecule has 3 aromatic carbocycles. The lowest BCUT2D eigenvalue weighted by molar-refractivity contribution is -0.123. The smallest absolute Gasteiger partial charge is 0.257 e. The van der Waals surface area contributed by atoms with Gasteiger partial charge in [-0.1, -0.05) is 56.3 Å². The first-order chi connectivity index (χ1) is 20.1. The van der Waals surface area contributed by atoms with Crippen molar-refractivity contribution in [1.29, 1.82) is 0 Å². The number of amides is 1. The Labute approximate surface area is 242 Å². The molecule has 2 aromatic heterocycles. The molecule has 7 heteroatoms. The number of rotatable bonds is 12. The number of ether oxygens (including phenoxy) is 2. The van der Waals surface area contributed by atoms with Crippen LogP contribution in [-0.4, -0.2) is 54.6 Å². The molecule has 0 fully saturated rings. The summed E-state index contributed by atoms with van der Waals surface area (Å²) in [7, 11) is 3.80. The van der Waals surface area contributed by atoms with Gasteiger partial charge in [0.05, 0.1) is 12.6 Å². The van der Waals surface area contributed by atoms with E-state index in [0.717, 1.165) is 47.2 Å². The van der Waals surface area contributed by atoms with Crippen LogP contribution in [0.1, 0.15) is 25.0 Å². The Morgan fingerprint density at radius 2 is 1.80 bits per heavy atom. The van der Waals surface area contributed by atoms with Crippen LogP contribution in [0.3, 0.4) is 0 Å². The predicted octanol–water partition coefficient (Wildman–Crippen LogP) is 6.24. The number of carbonyl (C=O) groups excluding carboxylic acids is 1. The normalized spacial score (nSPS) is 11.6. The van der Waals surface area contributed by atoms with Crippen molar-refractivity contribution in [2.45, 2.75) is 26.8 Å². The van der Waals surface area contributed by atoms with Crippen LogP contribution in [0.25, 0.3) is 21.8 Å². The summed E-state index contributed by atoms with van der Waals surface area (Å²) in [6.07, 6.45) is 4.67. The van der Waals surface area contributed by atoms with E-state index in [1.165, 1.54) is 10.9 Å². The monoisotopic (exact) mass is 552 g/mol. The molecule has 0 saturated carbocycles. The van der Waals surface area contributed by atoms with Crippen LogP contribution in [0.5, 0.6) is 11.5 Å². The molecule has 0 aliphatic rings. The minimum absolute atomic E-state index is 0.0391. The van der Waals surface area contributed by atoms with Gasteiger partial charge in [-0.05, 0) is 61.3 Å². The van der Waals surface area contributed by atoms with Crippen LogP contribution >= 0.6 is 0 Å². The van der Waals surface area contributed by atoms with E-state index in [1.54, 1.807) is 13.3 Å². The van der Waals surface area contributed by atoms with Crippen molar-refractivity contribution in [3.63, 3.8) is 0 Å². The van der Waals surface area contributed by atoms with Gasteiger partial charge in [0.2, 0.25) is 0 Å². The molecule has 1 unspecified atom stereocenters. The van der Waals surface area contributed by atoms with E-state index in [1.807, 2.05) is 68.4 Å². The minimum Gasteiger partial charge on any atom is -0.496 e. The quantitative estimate of drug-likeness (QED) is 0.192. The predicted molar refractivity (Wildman–Crippen MR) is 166 cm³/mol. The number of para-hydroxylation sites is 2. The number of nitrogens with one attached hydrogen (secondary N) is 2. The second-order valence-electron chi connectivity index (χ2n) is 9.89. The number of hydrogen-bond donors (Lipinski definition) is 2. The Hall–Kier alpha value is -4.36. The first-order valence-electron chi connectivity index (χ1n) is 14.2. The number of hydrogen-bond acceptors (Lipinski definition) is 5. The summed E-state index contributed by atoms with van der Waals surface area (Å²) >= 11 is 0. The zero-order valence-corrected chi connectivity index (χ0v) is 24.4. The Balaban J connectivity index is 0.00000189. The first-order valence-corrected chi connectivity index (χ1v) is 14.2. The average molecular weight is 553 g/mol. The van der Waals surface area contributed by atoms with Gasteiger partial charge in [-0.3, -0.25) is 9.78 Å². The maximum atomic E-state index is 12.8. The molecule has 0 radical (unpaired) electrons. The van der Waals surface area contributed by atoms with Crippen molar-refractivity contribution in [3.05, 3.63) is 102 Å². The van der Waals surface area contributed by atoms with Gasteiger partial charge in [0, 0.05) is 53.9 Å². The van der Waals surface area contributed by atoms with E-state index in [0.29, 0.717) is 12.3 Å². The van der Waals surface area contributed by atoms with Crippen molar-refractivity contribution >= 4 is 27.7 Å². The zero-order chi connectivity index (χ0) is 29.0. The molecule has 214 valence electrons. The van der Waals surface area contributed by atoms with Crippen molar-refractivity contribution in [2.75, 3.05) is 33.9 Å². The number of aromatic nitrogens is 2. The summed E-state index contributed by atoms with van der Waals surface area (Å²) in [5.41, 5.74) is 4.40. The number of benzene rings is 3. The molecule has 2 heterocycles. The van der Waals surface area contributed by atoms with Crippen molar-refractivity contribution in [3.8, 4) is 11.5 Å². The molecule has 0 spiro atoms. The first kappa shape index (κ1) is 29.6. The van der Waals surface area contributed by atoms with Gasteiger partial charge in [0.25, 0.3) is 5.91 Å². The van der Waals surface area contributed by atoms with E-state index in [-0.39, 0.29) is 18.4 Å². The molecule has 1 amide bonds. The van der Waals surface area contributed by atoms with Crippen molar-refractivity contribution in [2.24, 2.45) is 5.92 Å². The van der Waals surface area contributed by atoms with E-state index in [2.05, 4.69) is 57.7 Å². The van der Waals surface area contributed by atoms with Gasteiger partial charge >= 0.3 is 0 Å². The number of fused-ring (bicyclic) bond motifs is 2. The summed E-state index contributed by atoms with van der Waals surface area (Å²) < 4.78 is 11.3. The molecule has 5 rings (SSSR count). The fourth-order valence-corrected chi connectivity index (χ4v) is 5.04. The highest BCUT2D eigenvalue weighted by molar-refractivity contribution is 5.83. The van der Waals surface area contributed by atoms with Gasteiger partial charge < -0.3 is 24.7 Å². The van der Waals surface area contributed by atoms with Crippen LogP contribution in [0.2, 0.25) is 0 Å². The highest BCUT2D eigenvalue weighted by atomic mass is 16.5. The Morgan fingerprint density at radius 1 is 1.00 bits per heavy atom.